The molecule has 0 saturated carbocycles. The highest BCUT2D eigenvalue weighted by Gasteiger charge is 2.43. The lowest BCUT2D eigenvalue weighted by Crippen LogP contribution is -2.52. The van der Waals surface area contributed by atoms with Crippen molar-refractivity contribution >= 4 is 0 Å². The zero-order chi connectivity index (χ0) is 9.83. The Morgan fingerprint density at radius 3 is 0.917 bits per heavy atom. The zero-order valence-corrected chi connectivity index (χ0v) is 8.72. The predicted molar refractivity (Wildman–Crippen MR) is 51.1 cm³/mol. The summed E-state index contributed by atoms with van der Waals surface area (Å²) in [5.41, 5.74) is -1.81. The van der Waals surface area contributed by atoms with Gasteiger partial charge in [0.2, 0.25) is 0 Å². The van der Waals surface area contributed by atoms with Crippen LogP contribution in [0.1, 0.15) is 53.4 Å². The number of aliphatic hydroxyl groups is 2. The van der Waals surface area contributed by atoms with Gasteiger partial charge in [0.05, 0.1) is 11.2 Å². The van der Waals surface area contributed by atoms with E-state index in [0.29, 0.717) is 25.7 Å². The first kappa shape index (κ1) is 11.9. The highest BCUT2D eigenvalue weighted by Crippen LogP contribution is 2.34. The molecule has 0 unspecified atom stereocenters. The molecule has 0 amide bonds. The SMILES string of the molecule is CCC(O)(CC)C(O)(CC)CC. The van der Waals surface area contributed by atoms with Crippen molar-refractivity contribution in [2.24, 2.45) is 0 Å². The summed E-state index contributed by atoms with van der Waals surface area (Å²) in [7, 11) is 0. The summed E-state index contributed by atoms with van der Waals surface area (Å²) in [6.45, 7) is 7.67. The summed E-state index contributed by atoms with van der Waals surface area (Å²) in [6.07, 6.45) is 2.45. The molecule has 0 heterocycles. The quantitative estimate of drug-likeness (QED) is 0.670. The maximum atomic E-state index is 10.1. The van der Waals surface area contributed by atoms with E-state index in [1.54, 1.807) is 0 Å². The molecule has 12 heavy (non-hydrogen) atoms. The lowest BCUT2D eigenvalue weighted by Gasteiger charge is -2.42. The molecule has 0 radical (unpaired) electrons. The Kier molecular flexibility index (Phi) is 4.21. The summed E-state index contributed by atoms with van der Waals surface area (Å²) in [4.78, 5) is 0. The molecule has 0 aliphatic rings. The van der Waals surface area contributed by atoms with Gasteiger partial charge in [-0.05, 0) is 25.7 Å². The molecule has 0 rings (SSSR count). The van der Waals surface area contributed by atoms with Gasteiger partial charge in [-0.2, -0.15) is 0 Å². The normalized spacial score (nSPS) is 13.5. The Balaban J connectivity index is 4.66. The van der Waals surface area contributed by atoms with E-state index in [0.717, 1.165) is 0 Å². The van der Waals surface area contributed by atoms with E-state index < -0.39 is 11.2 Å². The third-order valence-electron chi connectivity index (χ3n) is 3.21. The fraction of sp³-hybridized carbons (Fsp3) is 1.00. The summed E-state index contributed by atoms with van der Waals surface area (Å²) in [6, 6.07) is 0. The zero-order valence-electron chi connectivity index (χ0n) is 8.72. The minimum absolute atomic E-state index is 0.613. The summed E-state index contributed by atoms with van der Waals surface area (Å²) < 4.78 is 0. The molecule has 2 N–H and O–H groups in total. The molecule has 0 aliphatic heterocycles. The molecule has 0 bridgehead atoms. The molecule has 0 aliphatic carbocycles. The fourth-order valence-corrected chi connectivity index (χ4v) is 1.82. The minimum Gasteiger partial charge on any atom is -0.387 e. The lowest BCUT2D eigenvalue weighted by molar-refractivity contribution is -0.159. The van der Waals surface area contributed by atoms with Crippen molar-refractivity contribution in [3.05, 3.63) is 0 Å². The largest absolute Gasteiger partial charge is 0.387 e. The molecule has 0 fully saturated rings. The van der Waals surface area contributed by atoms with Gasteiger partial charge < -0.3 is 10.2 Å². The molecule has 0 saturated heterocycles. The molecule has 0 atom stereocenters. The van der Waals surface area contributed by atoms with Gasteiger partial charge in [-0.25, -0.2) is 0 Å². The Labute approximate surface area is 75.6 Å². The average molecular weight is 174 g/mol. The van der Waals surface area contributed by atoms with Crippen molar-refractivity contribution in [2.45, 2.75) is 64.6 Å². The number of hydrogen-bond donors (Lipinski definition) is 2. The van der Waals surface area contributed by atoms with Gasteiger partial charge in [-0.3, -0.25) is 0 Å². The average Bonchev–Trinajstić information content (AvgIpc) is 2.15. The van der Waals surface area contributed by atoms with Crippen LogP contribution in [0.25, 0.3) is 0 Å². The van der Waals surface area contributed by atoms with E-state index in [1.165, 1.54) is 0 Å². The monoisotopic (exact) mass is 174 g/mol. The van der Waals surface area contributed by atoms with Crippen LogP contribution in [0.15, 0.2) is 0 Å². The van der Waals surface area contributed by atoms with Gasteiger partial charge in [-0.15, -0.1) is 0 Å². The smallest absolute Gasteiger partial charge is 0.0927 e. The van der Waals surface area contributed by atoms with E-state index in [9.17, 15) is 10.2 Å². The Hall–Kier alpha value is -0.0800. The maximum Gasteiger partial charge on any atom is 0.0927 e. The van der Waals surface area contributed by atoms with Crippen LogP contribution in [0.4, 0.5) is 0 Å². The van der Waals surface area contributed by atoms with E-state index in [-0.39, 0.29) is 0 Å². The first-order valence-corrected chi connectivity index (χ1v) is 4.94. The molecule has 2 nitrogen and oxygen atoms in total. The summed E-state index contributed by atoms with van der Waals surface area (Å²) >= 11 is 0. The predicted octanol–water partition coefficient (Wildman–Crippen LogP) is 2.09. The van der Waals surface area contributed by atoms with Crippen LogP contribution in [0.2, 0.25) is 0 Å². The highest BCUT2D eigenvalue weighted by molar-refractivity contribution is 4.96. The van der Waals surface area contributed by atoms with E-state index in [1.807, 2.05) is 27.7 Å². The second kappa shape index (κ2) is 4.24. The van der Waals surface area contributed by atoms with Gasteiger partial charge in [0.15, 0.2) is 0 Å². The van der Waals surface area contributed by atoms with Crippen LogP contribution in [0, 0.1) is 0 Å². The molecule has 0 aromatic rings. The van der Waals surface area contributed by atoms with Gasteiger partial charge >= 0.3 is 0 Å². The van der Waals surface area contributed by atoms with Crippen LogP contribution in [-0.4, -0.2) is 21.4 Å². The first-order chi connectivity index (χ1) is 5.49. The molecule has 2 heteroatoms. The summed E-state index contributed by atoms with van der Waals surface area (Å²) in [5.74, 6) is 0. The van der Waals surface area contributed by atoms with Crippen LogP contribution < -0.4 is 0 Å². The number of rotatable bonds is 5. The van der Waals surface area contributed by atoms with Crippen molar-refractivity contribution in [3.8, 4) is 0 Å². The molecular weight excluding hydrogens is 152 g/mol. The molecule has 0 spiro atoms. The van der Waals surface area contributed by atoms with E-state index >= 15 is 0 Å². The van der Waals surface area contributed by atoms with Crippen LogP contribution in [0.3, 0.4) is 0 Å². The van der Waals surface area contributed by atoms with Crippen LogP contribution >= 0.6 is 0 Å². The standard InChI is InChI=1S/C10H22O2/c1-5-9(11,6-2)10(12,7-3)8-4/h11-12H,5-8H2,1-4H3. The Morgan fingerprint density at radius 1 is 0.667 bits per heavy atom. The second-order valence-corrected chi connectivity index (χ2v) is 3.48. The Morgan fingerprint density at radius 2 is 0.833 bits per heavy atom. The van der Waals surface area contributed by atoms with E-state index in [4.69, 9.17) is 0 Å². The molecular formula is C10H22O2. The van der Waals surface area contributed by atoms with Gasteiger partial charge in [-0.1, -0.05) is 27.7 Å². The van der Waals surface area contributed by atoms with Crippen LogP contribution in [0.5, 0.6) is 0 Å². The van der Waals surface area contributed by atoms with E-state index in [2.05, 4.69) is 0 Å². The van der Waals surface area contributed by atoms with Crippen LogP contribution in [-0.2, 0) is 0 Å². The third-order valence-corrected chi connectivity index (χ3v) is 3.21. The molecule has 74 valence electrons. The van der Waals surface area contributed by atoms with Crippen molar-refractivity contribution in [2.75, 3.05) is 0 Å². The lowest BCUT2D eigenvalue weighted by atomic mass is 9.75. The third kappa shape index (κ3) is 1.80. The number of hydrogen-bond acceptors (Lipinski definition) is 2. The first-order valence-electron chi connectivity index (χ1n) is 4.94. The van der Waals surface area contributed by atoms with Crippen molar-refractivity contribution in [1.29, 1.82) is 0 Å². The van der Waals surface area contributed by atoms with Crippen molar-refractivity contribution in [3.63, 3.8) is 0 Å². The highest BCUT2D eigenvalue weighted by atomic mass is 16.4. The summed E-state index contributed by atoms with van der Waals surface area (Å²) in [5, 5.41) is 20.2. The fourth-order valence-electron chi connectivity index (χ4n) is 1.82. The Bertz CT molecular complexity index is 108. The molecule has 0 aromatic heterocycles. The van der Waals surface area contributed by atoms with Gasteiger partial charge in [0.1, 0.15) is 0 Å². The maximum absolute atomic E-state index is 10.1. The van der Waals surface area contributed by atoms with Crippen molar-refractivity contribution < 1.29 is 10.2 Å². The topological polar surface area (TPSA) is 40.5 Å². The molecule has 0 aromatic carbocycles. The van der Waals surface area contributed by atoms with Crippen molar-refractivity contribution in [1.82, 2.24) is 0 Å². The van der Waals surface area contributed by atoms with Gasteiger partial charge in [0, 0.05) is 0 Å². The minimum atomic E-state index is -0.906. The van der Waals surface area contributed by atoms with Gasteiger partial charge in [0.25, 0.3) is 0 Å². The second-order valence-electron chi connectivity index (χ2n) is 3.48.